The van der Waals surface area contributed by atoms with Gasteiger partial charge in [0.05, 0.1) is 23.4 Å². The van der Waals surface area contributed by atoms with E-state index in [1.54, 1.807) is 30.3 Å². The standard InChI is InChI=1S/C22H23FN2O4/c1-15-20(16(2)29-25-15)14-28-21-7-4-3-6-19(21)22(26)24-12-5-13-27-18-10-8-17(23)9-11-18/h3-4,6-11H,5,12-14H2,1-2H3,(H,24,26). The lowest BCUT2D eigenvalue weighted by molar-refractivity contribution is 0.0947. The second-order valence-electron chi connectivity index (χ2n) is 6.50. The van der Waals surface area contributed by atoms with Gasteiger partial charge in [-0.2, -0.15) is 0 Å². The fraction of sp³-hybridized carbons (Fsp3) is 0.273. The third-order valence-corrected chi connectivity index (χ3v) is 4.37. The van der Waals surface area contributed by atoms with Crippen molar-refractivity contribution in [2.24, 2.45) is 0 Å². The molecule has 0 saturated carbocycles. The molecule has 1 heterocycles. The van der Waals surface area contributed by atoms with Gasteiger partial charge < -0.3 is 19.3 Å². The molecule has 0 saturated heterocycles. The van der Waals surface area contributed by atoms with Gasteiger partial charge in [-0.05, 0) is 56.7 Å². The van der Waals surface area contributed by atoms with Gasteiger partial charge in [-0.25, -0.2) is 4.39 Å². The summed E-state index contributed by atoms with van der Waals surface area (Å²) in [7, 11) is 0. The van der Waals surface area contributed by atoms with Gasteiger partial charge in [0, 0.05) is 6.54 Å². The smallest absolute Gasteiger partial charge is 0.255 e. The van der Waals surface area contributed by atoms with Crippen molar-refractivity contribution < 1.29 is 23.2 Å². The van der Waals surface area contributed by atoms with Gasteiger partial charge in [0.15, 0.2) is 0 Å². The molecule has 0 spiro atoms. The summed E-state index contributed by atoms with van der Waals surface area (Å²) in [6.45, 7) is 4.80. The lowest BCUT2D eigenvalue weighted by atomic mass is 10.1. The quantitative estimate of drug-likeness (QED) is 0.547. The average Bonchev–Trinajstić information content (AvgIpc) is 3.05. The molecule has 0 fully saturated rings. The van der Waals surface area contributed by atoms with Crippen molar-refractivity contribution in [3.63, 3.8) is 0 Å². The number of halogens is 1. The minimum absolute atomic E-state index is 0.221. The molecular formula is C22H23FN2O4. The number of para-hydroxylation sites is 1. The monoisotopic (exact) mass is 398 g/mol. The molecule has 6 nitrogen and oxygen atoms in total. The predicted molar refractivity (Wildman–Crippen MR) is 106 cm³/mol. The third kappa shape index (κ3) is 5.57. The van der Waals surface area contributed by atoms with Gasteiger partial charge >= 0.3 is 0 Å². The summed E-state index contributed by atoms with van der Waals surface area (Å²) >= 11 is 0. The Morgan fingerprint density at radius 1 is 1.10 bits per heavy atom. The van der Waals surface area contributed by atoms with Crippen LogP contribution in [-0.2, 0) is 6.61 Å². The Bertz CT molecular complexity index is 934. The summed E-state index contributed by atoms with van der Waals surface area (Å²) in [6, 6.07) is 12.9. The Hall–Kier alpha value is -3.35. The Balaban J connectivity index is 1.48. The number of ether oxygens (including phenoxy) is 2. The number of hydrogen-bond donors (Lipinski definition) is 1. The first-order chi connectivity index (χ1) is 14.0. The Morgan fingerprint density at radius 2 is 1.86 bits per heavy atom. The molecule has 0 bridgehead atoms. The maximum absolute atomic E-state index is 12.9. The summed E-state index contributed by atoms with van der Waals surface area (Å²) in [6.07, 6.45) is 0.616. The first kappa shape index (κ1) is 20.4. The van der Waals surface area contributed by atoms with Crippen molar-refractivity contribution in [2.45, 2.75) is 26.9 Å². The second kappa shape index (κ2) is 9.73. The summed E-state index contributed by atoms with van der Waals surface area (Å²) < 4.78 is 29.4. The number of nitrogens with one attached hydrogen (secondary N) is 1. The van der Waals surface area contributed by atoms with E-state index in [1.807, 2.05) is 19.9 Å². The van der Waals surface area contributed by atoms with Crippen LogP contribution in [-0.4, -0.2) is 24.2 Å². The molecule has 0 aliphatic rings. The first-order valence-corrected chi connectivity index (χ1v) is 9.34. The molecule has 29 heavy (non-hydrogen) atoms. The zero-order valence-electron chi connectivity index (χ0n) is 16.4. The lowest BCUT2D eigenvalue weighted by Crippen LogP contribution is -2.26. The fourth-order valence-corrected chi connectivity index (χ4v) is 2.73. The topological polar surface area (TPSA) is 73.6 Å². The number of rotatable bonds is 9. The van der Waals surface area contributed by atoms with E-state index in [0.717, 1.165) is 11.3 Å². The van der Waals surface area contributed by atoms with Crippen LogP contribution in [0.5, 0.6) is 11.5 Å². The number of carbonyl (C=O) groups is 1. The maximum Gasteiger partial charge on any atom is 0.255 e. The molecule has 0 aliphatic heterocycles. The number of nitrogens with zero attached hydrogens (tertiary/aromatic N) is 1. The van der Waals surface area contributed by atoms with Crippen LogP contribution in [0.15, 0.2) is 53.1 Å². The number of benzene rings is 2. The molecule has 3 aromatic rings. The van der Waals surface area contributed by atoms with E-state index < -0.39 is 0 Å². The summed E-state index contributed by atoms with van der Waals surface area (Å²) in [4.78, 5) is 12.5. The highest BCUT2D eigenvalue weighted by atomic mass is 19.1. The van der Waals surface area contributed by atoms with E-state index in [0.29, 0.717) is 42.4 Å². The number of aryl methyl sites for hydroxylation is 2. The molecule has 1 aromatic heterocycles. The van der Waals surface area contributed by atoms with Crippen molar-refractivity contribution in [1.82, 2.24) is 10.5 Å². The minimum atomic E-state index is -0.306. The number of carbonyl (C=O) groups excluding carboxylic acids is 1. The van der Waals surface area contributed by atoms with Crippen LogP contribution < -0.4 is 14.8 Å². The zero-order valence-corrected chi connectivity index (χ0v) is 16.4. The van der Waals surface area contributed by atoms with Crippen molar-refractivity contribution in [3.8, 4) is 11.5 Å². The van der Waals surface area contributed by atoms with Crippen LogP contribution in [0, 0.1) is 19.7 Å². The highest BCUT2D eigenvalue weighted by Crippen LogP contribution is 2.21. The van der Waals surface area contributed by atoms with Gasteiger partial charge in [-0.3, -0.25) is 4.79 Å². The molecule has 3 rings (SSSR count). The van der Waals surface area contributed by atoms with E-state index in [4.69, 9.17) is 14.0 Å². The molecule has 0 unspecified atom stereocenters. The Morgan fingerprint density at radius 3 is 2.59 bits per heavy atom. The molecule has 0 aliphatic carbocycles. The van der Waals surface area contributed by atoms with Crippen LogP contribution >= 0.6 is 0 Å². The van der Waals surface area contributed by atoms with Gasteiger partial charge in [-0.15, -0.1) is 0 Å². The van der Waals surface area contributed by atoms with Gasteiger partial charge in [0.1, 0.15) is 29.7 Å². The van der Waals surface area contributed by atoms with Crippen LogP contribution in [0.25, 0.3) is 0 Å². The van der Waals surface area contributed by atoms with Crippen molar-refractivity contribution >= 4 is 5.91 Å². The molecule has 152 valence electrons. The zero-order chi connectivity index (χ0) is 20.6. The van der Waals surface area contributed by atoms with E-state index in [1.165, 1.54) is 12.1 Å². The van der Waals surface area contributed by atoms with Gasteiger partial charge in [-0.1, -0.05) is 17.3 Å². The van der Waals surface area contributed by atoms with Crippen molar-refractivity contribution in [3.05, 3.63) is 76.9 Å². The normalized spacial score (nSPS) is 10.6. The highest BCUT2D eigenvalue weighted by Gasteiger charge is 2.14. The Labute approximate surface area is 168 Å². The van der Waals surface area contributed by atoms with E-state index in [-0.39, 0.29) is 18.3 Å². The second-order valence-corrected chi connectivity index (χ2v) is 6.50. The van der Waals surface area contributed by atoms with Crippen LogP contribution in [0.1, 0.15) is 33.8 Å². The van der Waals surface area contributed by atoms with Crippen LogP contribution in [0.3, 0.4) is 0 Å². The first-order valence-electron chi connectivity index (χ1n) is 9.34. The SMILES string of the molecule is Cc1noc(C)c1COc1ccccc1C(=O)NCCCOc1ccc(F)cc1. The van der Waals surface area contributed by atoms with Gasteiger partial charge in [0.2, 0.25) is 0 Å². The predicted octanol–water partition coefficient (Wildman–Crippen LogP) is 4.21. The summed E-state index contributed by atoms with van der Waals surface area (Å²) in [5.41, 5.74) is 2.10. The highest BCUT2D eigenvalue weighted by molar-refractivity contribution is 5.96. The average molecular weight is 398 g/mol. The lowest BCUT2D eigenvalue weighted by Gasteiger charge is -2.12. The minimum Gasteiger partial charge on any atom is -0.494 e. The number of hydrogen-bond acceptors (Lipinski definition) is 5. The van der Waals surface area contributed by atoms with E-state index >= 15 is 0 Å². The molecule has 2 aromatic carbocycles. The largest absolute Gasteiger partial charge is 0.494 e. The molecular weight excluding hydrogens is 375 g/mol. The molecule has 1 N–H and O–H groups in total. The molecule has 0 atom stereocenters. The fourth-order valence-electron chi connectivity index (χ4n) is 2.73. The van der Waals surface area contributed by atoms with E-state index in [2.05, 4.69) is 10.5 Å². The summed E-state index contributed by atoms with van der Waals surface area (Å²) in [5.74, 6) is 1.26. The van der Waals surface area contributed by atoms with Crippen molar-refractivity contribution in [2.75, 3.05) is 13.2 Å². The number of amides is 1. The number of aromatic nitrogens is 1. The molecule has 0 radical (unpaired) electrons. The molecule has 1 amide bonds. The van der Waals surface area contributed by atoms with Gasteiger partial charge in [0.25, 0.3) is 5.91 Å². The maximum atomic E-state index is 12.9. The van der Waals surface area contributed by atoms with E-state index in [9.17, 15) is 9.18 Å². The molecule has 7 heteroatoms. The van der Waals surface area contributed by atoms with Crippen LogP contribution in [0.2, 0.25) is 0 Å². The van der Waals surface area contributed by atoms with Crippen LogP contribution in [0.4, 0.5) is 4.39 Å². The third-order valence-electron chi connectivity index (χ3n) is 4.37. The Kier molecular flexibility index (Phi) is 6.84. The van der Waals surface area contributed by atoms with Crippen molar-refractivity contribution in [1.29, 1.82) is 0 Å². The summed E-state index contributed by atoms with van der Waals surface area (Å²) in [5, 5.41) is 6.77.